The number of nitrogens with zero attached hydrogens (tertiary/aromatic N) is 3. The van der Waals surface area contributed by atoms with Crippen LogP contribution in [0.2, 0.25) is 0 Å². The first-order chi connectivity index (χ1) is 36.4. The molecule has 12 aromatic rings. The van der Waals surface area contributed by atoms with Gasteiger partial charge >= 0.3 is 0 Å². The van der Waals surface area contributed by atoms with Gasteiger partial charge in [-0.05, 0) is 152 Å². The lowest BCUT2D eigenvalue weighted by Gasteiger charge is -2.19. The zero-order valence-corrected chi connectivity index (χ0v) is 41.5. The molecule has 0 fully saturated rings. The Morgan fingerprint density at radius 2 is 0.703 bits per heavy atom. The lowest BCUT2D eigenvalue weighted by atomic mass is 9.86. The van der Waals surface area contributed by atoms with Gasteiger partial charge in [0.15, 0.2) is 0 Å². The fraction of sp³-hybridized carbons (Fsp3) is 0.0429. The van der Waals surface area contributed by atoms with Crippen molar-refractivity contribution < 1.29 is 4.74 Å². The van der Waals surface area contributed by atoms with Gasteiger partial charge in [-0.3, -0.25) is 9.97 Å². The van der Waals surface area contributed by atoms with Gasteiger partial charge in [-0.15, -0.1) is 0 Å². The fourth-order valence-corrected chi connectivity index (χ4v) is 10.2. The summed E-state index contributed by atoms with van der Waals surface area (Å²) in [6, 6.07) is 86.8. The standard InChI is InChI=1S/C70H51N3O/c1-46-25-37-66(71-44-46)51-31-27-49(28-32-51)57-17-7-9-19-59(57)54-39-55(60-20-10-8-18-58(60)50-29-33-52(34-30-50)67-38-26-47(2)45-72-67)41-56(40-54)61-21-11-12-22-62(61)64-36-35-53(42-70(64)74-3)69-43-65(48-15-5-4-6-16-48)63-23-13-14-24-68(63)73-69/h4-45H,1-3H3. The van der Waals surface area contributed by atoms with Crippen LogP contribution < -0.4 is 4.74 Å². The molecule has 4 nitrogen and oxygen atoms in total. The number of ether oxygens (including phenoxy) is 1. The Hall–Kier alpha value is -9.51. The van der Waals surface area contributed by atoms with Crippen molar-refractivity contribution in [3.8, 4) is 117 Å². The molecule has 0 saturated heterocycles. The van der Waals surface area contributed by atoms with Gasteiger partial charge in [0.25, 0.3) is 0 Å². The van der Waals surface area contributed by atoms with Crippen LogP contribution in [0.3, 0.4) is 0 Å². The van der Waals surface area contributed by atoms with Crippen LogP contribution in [-0.2, 0) is 0 Å². The third-order valence-corrected chi connectivity index (χ3v) is 14.0. The summed E-state index contributed by atoms with van der Waals surface area (Å²) in [6.07, 6.45) is 3.85. The zero-order chi connectivity index (χ0) is 50.0. The van der Waals surface area contributed by atoms with E-state index in [1.807, 2.05) is 12.4 Å². The van der Waals surface area contributed by atoms with E-state index in [-0.39, 0.29) is 0 Å². The minimum absolute atomic E-state index is 0.770. The molecule has 0 radical (unpaired) electrons. The summed E-state index contributed by atoms with van der Waals surface area (Å²) in [7, 11) is 1.76. The molecule has 0 amide bonds. The molecular weight excluding hydrogens is 899 g/mol. The number of aromatic nitrogens is 3. The third kappa shape index (κ3) is 9.06. The second kappa shape index (κ2) is 19.9. The Bertz CT molecular complexity index is 3830. The van der Waals surface area contributed by atoms with Gasteiger partial charge in [0.1, 0.15) is 5.75 Å². The summed E-state index contributed by atoms with van der Waals surface area (Å²) >= 11 is 0. The highest BCUT2D eigenvalue weighted by Crippen LogP contribution is 2.45. The van der Waals surface area contributed by atoms with Crippen LogP contribution in [-0.4, -0.2) is 22.1 Å². The summed E-state index contributed by atoms with van der Waals surface area (Å²) in [5, 5.41) is 1.12. The third-order valence-electron chi connectivity index (χ3n) is 14.0. The molecule has 74 heavy (non-hydrogen) atoms. The maximum absolute atomic E-state index is 6.32. The van der Waals surface area contributed by atoms with Crippen molar-refractivity contribution in [2.24, 2.45) is 0 Å². The number of hydrogen-bond donors (Lipinski definition) is 0. The van der Waals surface area contributed by atoms with Crippen LogP contribution >= 0.6 is 0 Å². The van der Waals surface area contributed by atoms with Crippen molar-refractivity contribution in [3.63, 3.8) is 0 Å². The summed E-state index contributed by atoms with van der Waals surface area (Å²) in [4.78, 5) is 14.6. The van der Waals surface area contributed by atoms with Crippen LogP contribution in [0, 0.1) is 13.8 Å². The minimum atomic E-state index is 0.770. The van der Waals surface area contributed by atoms with Gasteiger partial charge in [-0.2, -0.15) is 0 Å². The van der Waals surface area contributed by atoms with Gasteiger partial charge < -0.3 is 4.74 Å². The number of rotatable bonds is 11. The van der Waals surface area contributed by atoms with E-state index >= 15 is 0 Å². The molecule has 12 rings (SSSR count). The Balaban J connectivity index is 0.995. The molecule has 4 heteroatoms. The largest absolute Gasteiger partial charge is 0.496 e. The summed E-state index contributed by atoms with van der Waals surface area (Å²) in [5.41, 5.74) is 24.8. The van der Waals surface area contributed by atoms with Crippen molar-refractivity contribution in [3.05, 3.63) is 266 Å². The van der Waals surface area contributed by atoms with Crippen molar-refractivity contribution in [1.82, 2.24) is 15.0 Å². The average Bonchev–Trinajstić information content (AvgIpc) is 3.47. The van der Waals surface area contributed by atoms with Gasteiger partial charge in [0.05, 0.1) is 29.7 Å². The molecule has 0 N–H and O–H groups in total. The van der Waals surface area contributed by atoms with E-state index in [1.54, 1.807) is 7.11 Å². The number of fused-ring (bicyclic) bond motifs is 1. The minimum Gasteiger partial charge on any atom is -0.496 e. The average molecular weight is 950 g/mol. The highest BCUT2D eigenvalue weighted by Gasteiger charge is 2.19. The Labute approximate surface area is 433 Å². The highest BCUT2D eigenvalue weighted by molar-refractivity contribution is 5.98. The first kappa shape index (κ1) is 45.6. The van der Waals surface area contributed by atoms with Crippen molar-refractivity contribution in [1.29, 1.82) is 0 Å². The van der Waals surface area contributed by atoms with Crippen molar-refractivity contribution >= 4 is 10.9 Å². The molecule has 0 spiro atoms. The second-order valence-corrected chi connectivity index (χ2v) is 18.9. The van der Waals surface area contributed by atoms with Gasteiger partial charge in [0.2, 0.25) is 0 Å². The smallest absolute Gasteiger partial charge is 0.127 e. The molecule has 0 bridgehead atoms. The van der Waals surface area contributed by atoms with Crippen LogP contribution in [0.1, 0.15) is 11.1 Å². The highest BCUT2D eigenvalue weighted by atomic mass is 16.5. The normalized spacial score (nSPS) is 11.2. The lowest BCUT2D eigenvalue weighted by Crippen LogP contribution is -1.95. The van der Waals surface area contributed by atoms with Gasteiger partial charge in [-0.25, -0.2) is 4.98 Å². The molecular formula is C70H51N3O. The maximum atomic E-state index is 6.32. The summed E-state index contributed by atoms with van der Waals surface area (Å²) in [5.74, 6) is 0.770. The van der Waals surface area contributed by atoms with E-state index in [9.17, 15) is 0 Å². The molecule has 0 saturated carbocycles. The van der Waals surface area contributed by atoms with E-state index in [2.05, 4.69) is 257 Å². The number of hydrogen-bond acceptors (Lipinski definition) is 4. The van der Waals surface area contributed by atoms with Gasteiger partial charge in [0, 0.05) is 40.0 Å². The quantitative estimate of drug-likeness (QED) is 0.130. The predicted octanol–water partition coefficient (Wildman–Crippen LogP) is 18.3. The van der Waals surface area contributed by atoms with Crippen LogP contribution in [0.15, 0.2) is 255 Å². The molecule has 0 aliphatic rings. The van der Waals surface area contributed by atoms with E-state index in [1.165, 1.54) is 0 Å². The molecule has 3 aromatic heterocycles. The Morgan fingerprint density at radius 1 is 0.284 bits per heavy atom. The van der Waals surface area contributed by atoms with Crippen molar-refractivity contribution in [2.45, 2.75) is 13.8 Å². The fourth-order valence-electron chi connectivity index (χ4n) is 10.2. The Kier molecular flexibility index (Phi) is 12.3. The van der Waals surface area contributed by atoms with E-state index in [0.29, 0.717) is 0 Å². The Morgan fingerprint density at radius 3 is 1.20 bits per heavy atom. The van der Waals surface area contributed by atoms with Crippen LogP contribution in [0.4, 0.5) is 0 Å². The van der Waals surface area contributed by atoms with E-state index < -0.39 is 0 Å². The first-order valence-electron chi connectivity index (χ1n) is 25.1. The topological polar surface area (TPSA) is 47.9 Å². The molecule has 0 unspecified atom stereocenters. The molecule has 0 aliphatic heterocycles. The maximum Gasteiger partial charge on any atom is 0.127 e. The van der Waals surface area contributed by atoms with Crippen LogP contribution in [0.25, 0.3) is 123 Å². The molecule has 352 valence electrons. The molecule has 0 atom stereocenters. The van der Waals surface area contributed by atoms with E-state index in [4.69, 9.17) is 19.7 Å². The second-order valence-electron chi connectivity index (χ2n) is 18.9. The summed E-state index contributed by atoms with van der Waals surface area (Å²) < 4.78 is 6.32. The number of para-hydroxylation sites is 1. The van der Waals surface area contributed by atoms with Gasteiger partial charge in [-0.1, -0.05) is 188 Å². The monoisotopic (exact) mass is 949 g/mol. The molecule has 0 aliphatic carbocycles. The molecule has 3 heterocycles. The number of benzene rings is 9. The summed E-state index contributed by atoms with van der Waals surface area (Å²) in [6.45, 7) is 4.13. The van der Waals surface area contributed by atoms with Crippen molar-refractivity contribution in [2.75, 3.05) is 7.11 Å². The first-order valence-corrected chi connectivity index (χ1v) is 25.1. The SMILES string of the molecule is COc1cc(-c2cc(-c3ccccc3)c3ccccc3n2)ccc1-c1ccccc1-c1cc(-c2ccccc2-c2ccc(-c3ccc(C)cn3)cc2)cc(-c2ccccc2-c2ccc(-c3ccc(C)cn3)cc2)c1. The number of aryl methyl sites for hydroxylation is 2. The van der Waals surface area contributed by atoms with E-state index in [0.717, 1.165) is 139 Å². The number of methoxy groups -OCH3 is 1. The van der Waals surface area contributed by atoms with Crippen LogP contribution in [0.5, 0.6) is 5.75 Å². The lowest BCUT2D eigenvalue weighted by molar-refractivity contribution is 0.416. The number of pyridine rings is 3. The zero-order valence-electron chi connectivity index (χ0n) is 41.5. The molecule has 9 aromatic carbocycles. The predicted molar refractivity (Wildman–Crippen MR) is 308 cm³/mol.